The number of ether oxygens (including phenoxy) is 2. The van der Waals surface area contributed by atoms with Crippen LogP contribution in [-0.2, 0) is 24.3 Å². The molecule has 0 unspecified atom stereocenters. The first-order valence-corrected chi connectivity index (χ1v) is 7.97. The molecule has 0 saturated heterocycles. The quantitative estimate of drug-likeness (QED) is 0.721. The minimum Gasteiger partial charge on any atom is -0.379 e. The minimum atomic E-state index is -4.44. The van der Waals surface area contributed by atoms with Crippen LogP contribution in [0.25, 0.3) is 0 Å². The molecule has 0 aliphatic rings. The second-order valence-corrected chi connectivity index (χ2v) is 5.91. The number of carbonyl (C=O) groups is 1. The molecule has 1 amide bonds. The second kappa shape index (κ2) is 8.16. The number of rotatable bonds is 8. The third kappa shape index (κ3) is 5.32. The lowest BCUT2D eigenvalue weighted by atomic mass is 10.3. The Hall–Kier alpha value is -1.58. The zero-order valence-corrected chi connectivity index (χ0v) is 13.0. The predicted octanol–water partition coefficient (Wildman–Crippen LogP) is 1.21. The summed E-state index contributed by atoms with van der Waals surface area (Å²) in [5.41, 5.74) is 0. The highest BCUT2D eigenvalue weighted by Gasteiger charge is 2.25. The van der Waals surface area contributed by atoms with E-state index in [1.165, 1.54) is 6.92 Å². The molecule has 1 aromatic rings. The third-order valence-electron chi connectivity index (χ3n) is 2.59. The molecule has 0 bridgehead atoms. The summed E-state index contributed by atoms with van der Waals surface area (Å²) in [4.78, 5) is 10.9. The van der Waals surface area contributed by atoms with Gasteiger partial charge < -0.3 is 9.47 Å². The van der Waals surface area contributed by atoms with Gasteiger partial charge in [-0.15, -0.1) is 0 Å². The first-order chi connectivity index (χ1) is 10.3. The fourth-order valence-corrected chi connectivity index (χ4v) is 2.57. The summed E-state index contributed by atoms with van der Waals surface area (Å²) in [5.74, 6) is -3.17. The first-order valence-electron chi connectivity index (χ1n) is 6.49. The molecule has 0 heterocycles. The van der Waals surface area contributed by atoms with Crippen LogP contribution < -0.4 is 4.72 Å². The van der Waals surface area contributed by atoms with E-state index in [0.29, 0.717) is 12.7 Å². The lowest BCUT2D eigenvalue weighted by molar-refractivity contribution is -0.130. The van der Waals surface area contributed by atoms with Gasteiger partial charge in [0.25, 0.3) is 15.9 Å². The van der Waals surface area contributed by atoms with Gasteiger partial charge in [0.05, 0.1) is 13.2 Å². The van der Waals surface area contributed by atoms with Gasteiger partial charge in [0.15, 0.2) is 0 Å². The van der Waals surface area contributed by atoms with Gasteiger partial charge in [0.1, 0.15) is 22.6 Å². The van der Waals surface area contributed by atoms with Crippen molar-refractivity contribution in [2.45, 2.75) is 24.8 Å². The fourth-order valence-electron chi connectivity index (χ4n) is 1.47. The lowest BCUT2D eigenvalue weighted by Crippen LogP contribution is -2.39. The van der Waals surface area contributed by atoms with Gasteiger partial charge in [-0.3, -0.25) is 4.79 Å². The Morgan fingerprint density at radius 2 is 2.00 bits per heavy atom. The van der Waals surface area contributed by atoms with E-state index >= 15 is 0 Å². The van der Waals surface area contributed by atoms with E-state index in [-0.39, 0.29) is 13.2 Å². The van der Waals surface area contributed by atoms with Crippen LogP contribution in [0.1, 0.15) is 13.8 Å². The first kappa shape index (κ1) is 18.5. The van der Waals surface area contributed by atoms with Crippen molar-refractivity contribution < 1.29 is 31.5 Å². The predicted molar refractivity (Wildman–Crippen MR) is 73.6 cm³/mol. The van der Waals surface area contributed by atoms with Crippen LogP contribution in [0.4, 0.5) is 8.78 Å². The minimum absolute atomic E-state index is 0.105. The summed E-state index contributed by atoms with van der Waals surface area (Å²) in [5, 5.41) is 0. The second-order valence-electron chi connectivity index (χ2n) is 4.25. The summed E-state index contributed by atoms with van der Waals surface area (Å²) in [6.45, 7) is 3.99. The molecule has 1 atom stereocenters. The molecule has 0 saturated carbocycles. The van der Waals surface area contributed by atoms with Gasteiger partial charge in [-0.2, -0.15) is 0 Å². The van der Waals surface area contributed by atoms with Crippen molar-refractivity contribution >= 4 is 15.9 Å². The average molecular weight is 337 g/mol. The Labute approximate surface area is 127 Å². The molecule has 0 fully saturated rings. The van der Waals surface area contributed by atoms with Crippen molar-refractivity contribution in [2.75, 3.05) is 19.8 Å². The van der Waals surface area contributed by atoms with Crippen molar-refractivity contribution in [3.63, 3.8) is 0 Å². The number of halogens is 2. The Morgan fingerprint density at radius 1 is 1.32 bits per heavy atom. The zero-order chi connectivity index (χ0) is 16.8. The van der Waals surface area contributed by atoms with Crippen LogP contribution in [0, 0.1) is 11.6 Å². The molecule has 0 radical (unpaired) electrons. The smallest absolute Gasteiger partial charge is 0.267 e. The van der Waals surface area contributed by atoms with E-state index < -0.39 is 38.6 Å². The van der Waals surface area contributed by atoms with Gasteiger partial charge >= 0.3 is 0 Å². The van der Waals surface area contributed by atoms with Crippen molar-refractivity contribution in [3.8, 4) is 0 Å². The number of nitrogens with one attached hydrogen (secondary N) is 1. The van der Waals surface area contributed by atoms with Crippen molar-refractivity contribution in [1.29, 1.82) is 0 Å². The van der Waals surface area contributed by atoms with E-state index in [4.69, 9.17) is 9.47 Å². The maximum absolute atomic E-state index is 13.5. The molecule has 1 aromatic carbocycles. The summed E-state index contributed by atoms with van der Waals surface area (Å²) < 4.78 is 61.8. The number of carbonyl (C=O) groups excluding carboxylic acids is 1. The number of amides is 1. The van der Waals surface area contributed by atoms with Gasteiger partial charge in [0, 0.05) is 12.7 Å². The molecule has 6 nitrogen and oxygen atoms in total. The monoisotopic (exact) mass is 337 g/mol. The average Bonchev–Trinajstić information content (AvgIpc) is 2.42. The van der Waals surface area contributed by atoms with Crippen molar-refractivity contribution in [1.82, 2.24) is 4.72 Å². The van der Waals surface area contributed by atoms with Gasteiger partial charge in [-0.25, -0.2) is 21.9 Å². The Balaban J connectivity index is 2.69. The molecule has 0 spiro atoms. The van der Waals surface area contributed by atoms with Gasteiger partial charge in [-0.05, 0) is 26.0 Å². The standard InChI is InChI=1S/C13H17F2NO5S/c1-3-20-6-7-21-9(2)13(17)16-22(18,19)12-5-4-10(14)8-11(12)15/h4-5,8-9H,3,6-7H2,1-2H3,(H,16,17)/t9-/m0/s1. The van der Waals surface area contributed by atoms with E-state index in [1.54, 1.807) is 11.6 Å². The molecular formula is C13H17F2NO5S. The fraction of sp³-hybridized carbons (Fsp3) is 0.462. The summed E-state index contributed by atoms with van der Waals surface area (Å²) in [7, 11) is -4.44. The highest BCUT2D eigenvalue weighted by atomic mass is 32.2. The van der Waals surface area contributed by atoms with Crippen LogP contribution in [0.3, 0.4) is 0 Å². The zero-order valence-electron chi connectivity index (χ0n) is 12.1. The normalized spacial score (nSPS) is 12.9. The number of benzene rings is 1. The topological polar surface area (TPSA) is 81.7 Å². The van der Waals surface area contributed by atoms with Gasteiger partial charge in [0.2, 0.25) is 0 Å². The molecule has 0 aliphatic heterocycles. The molecule has 0 aliphatic carbocycles. The molecule has 0 aromatic heterocycles. The summed E-state index contributed by atoms with van der Waals surface area (Å²) in [6.07, 6.45) is -1.07. The molecule has 124 valence electrons. The van der Waals surface area contributed by atoms with Crippen molar-refractivity contribution in [2.24, 2.45) is 0 Å². The highest BCUT2D eigenvalue weighted by Crippen LogP contribution is 2.15. The largest absolute Gasteiger partial charge is 0.379 e. The molecule has 1 N–H and O–H groups in total. The van der Waals surface area contributed by atoms with Crippen LogP contribution >= 0.6 is 0 Å². The lowest BCUT2D eigenvalue weighted by Gasteiger charge is -2.14. The summed E-state index contributed by atoms with van der Waals surface area (Å²) >= 11 is 0. The highest BCUT2D eigenvalue weighted by molar-refractivity contribution is 7.90. The van der Waals surface area contributed by atoms with E-state index in [2.05, 4.69) is 0 Å². The Kier molecular flexibility index (Phi) is 6.85. The molecule has 22 heavy (non-hydrogen) atoms. The molecule has 1 rings (SSSR count). The maximum Gasteiger partial charge on any atom is 0.267 e. The Bertz CT molecular complexity index is 621. The number of hydrogen-bond donors (Lipinski definition) is 1. The number of sulfonamides is 1. The van der Waals surface area contributed by atoms with Gasteiger partial charge in [-0.1, -0.05) is 0 Å². The number of hydrogen-bond acceptors (Lipinski definition) is 5. The van der Waals surface area contributed by atoms with Crippen LogP contribution in [0.2, 0.25) is 0 Å². The SMILES string of the molecule is CCOCCO[C@@H](C)C(=O)NS(=O)(=O)c1ccc(F)cc1F. The molecular weight excluding hydrogens is 320 g/mol. The van der Waals surface area contributed by atoms with Crippen molar-refractivity contribution in [3.05, 3.63) is 29.8 Å². The third-order valence-corrected chi connectivity index (χ3v) is 3.97. The molecule has 9 heteroatoms. The van der Waals surface area contributed by atoms with Crippen LogP contribution in [-0.4, -0.2) is 40.2 Å². The van der Waals surface area contributed by atoms with Crippen LogP contribution in [0.5, 0.6) is 0 Å². The van der Waals surface area contributed by atoms with Crippen LogP contribution in [0.15, 0.2) is 23.1 Å². The van der Waals surface area contributed by atoms with E-state index in [0.717, 1.165) is 12.1 Å². The maximum atomic E-state index is 13.5. The van der Waals surface area contributed by atoms with E-state index in [9.17, 15) is 22.0 Å². The Morgan fingerprint density at radius 3 is 2.59 bits per heavy atom. The summed E-state index contributed by atoms with van der Waals surface area (Å²) in [6, 6.07) is 1.94. The van der Waals surface area contributed by atoms with E-state index in [1.807, 2.05) is 0 Å².